The highest BCUT2D eigenvalue weighted by Crippen LogP contribution is 2.31. The first-order chi connectivity index (χ1) is 9.19. The lowest BCUT2D eigenvalue weighted by atomic mass is 10.1. The van der Waals surface area contributed by atoms with Crippen molar-refractivity contribution in [2.75, 3.05) is 16.8 Å². The standard InChI is InChI=1S/C15H15BrN2O/c1-10-5-6-12-3-2-4-13(15(12)17-10)18-9-11(8-16)7-14(18)19/h2-6,11H,7-9H2,1H3. The van der Waals surface area contributed by atoms with E-state index in [1.807, 2.05) is 36.1 Å². The first-order valence-corrected chi connectivity index (χ1v) is 7.54. The molecular formula is C15H15BrN2O. The number of aromatic nitrogens is 1. The minimum Gasteiger partial charge on any atom is -0.310 e. The van der Waals surface area contributed by atoms with Gasteiger partial charge in [-0.1, -0.05) is 34.1 Å². The molecule has 0 N–H and O–H groups in total. The Morgan fingerprint density at radius 3 is 2.95 bits per heavy atom. The van der Waals surface area contributed by atoms with Gasteiger partial charge in [0.25, 0.3) is 0 Å². The van der Waals surface area contributed by atoms with Crippen molar-refractivity contribution in [1.29, 1.82) is 0 Å². The zero-order valence-electron chi connectivity index (χ0n) is 10.8. The Morgan fingerprint density at radius 2 is 2.21 bits per heavy atom. The van der Waals surface area contributed by atoms with Crippen molar-refractivity contribution in [2.24, 2.45) is 5.92 Å². The number of anilines is 1. The number of halogens is 1. The molecule has 0 spiro atoms. The van der Waals surface area contributed by atoms with E-state index in [-0.39, 0.29) is 5.91 Å². The SMILES string of the molecule is Cc1ccc2cccc(N3CC(CBr)CC3=O)c2n1. The van der Waals surface area contributed by atoms with Gasteiger partial charge in [0.1, 0.15) is 0 Å². The minimum atomic E-state index is 0.195. The van der Waals surface area contributed by atoms with Crippen LogP contribution in [0.25, 0.3) is 10.9 Å². The molecule has 1 aliphatic rings. The molecule has 1 amide bonds. The van der Waals surface area contributed by atoms with Gasteiger partial charge in [-0.25, -0.2) is 0 Å². The lowest BCUT2D eigenvalue weighted by Gasteiger charge is -2.18. The summed E-state index contributed by atoms with van der Waals surface area (Å²) < 4.78 is 0. The molecule has 19 heavy (non-hydrogen) atoms. The fourth-order valence-corrected chi connectivity index (χ4v) is 3.00. The van der Waals surface area contributed by atoms with Crippen molar-refractivity contribution >= 4 is 38.4 Å². The van der Waals surface area contributed by atoms with Crippen molar-refractivity contribution in [2.45, 2.75) is 13.3 Å². The zero-order valence-corrected chi connectivity index (χ0v) is 12.4. The van der Waals surface area contributed by atoms with Gasteiger partial charge < -0.3 is 4.90 Å². The van der Waals surface area contributed by atoms with Gasteiger partial charge in [-0.3, -0.25) is 9.78 Å². The third-order valence-electron chi connectivity index (χ3n) is 3.55. The summed E-state index contributed by atoms with van der Waals surface area (Å²) in [5.74, 6) is 0.591. The van der Waals surface area contributed by atoms with E-state index in [2.05, 4.69) is 27.0 Å². The number of alkyl halides is 1. The van der Waals surface area contributed by atoms with Gasteiger partial charge in [0, 0.05) is 29.4 Å². The fourth-order valence-electron chi connectivity index (χ4n) is 2.56. The number of carbonyl (C=O) groups excluding carboxylic acids is 1. The molecule has 0 radical (unpaired) electrons. The number of hydrogen-bond donors (Lipinski definition) is 0. The van der Waals surface area contributed by atoms with Gasteiger partial charge in [-0.15, -0.1) is 0 Å². The van der Waals surface area contributed by atoms with Gasteiger partial charge in [-0.2, -0.15) is 0 Å². The summed E-state index contributed by atoms with van der Waals surface area (Å²) >= 11 is 3.47. The van der Waals surface area contributed by atoms with Crippen LogP contribution in [0.4, 0.5) is 5.69 Å². The molecule has 0 aliphatic carbocycles. The molecule has 2 heterocycles. The van der Waals surface area contributed by atoms with Crippen LogP contribution in [-0.2, 0) is 4.79 Å². The van der Waals surface area contributed by atoms with E-state index in [1.165, 1.54) is 0 Å². The summed E-state index contributed by atoms with van der Waals surface area (Å²) in [4.78, 5) is 18.6. The summed E-state index contributed by atoms with van der Waals surface area (Å²) in [7, 11) is 0. The summed E-state index contributed by atoms with van der Waals surface area (Å²) in [5, 5.41) is 1.95. The Kier molecular flexibility index (Phi) is 3.27. The molecule has 0 saturated carbocycles. The fraction of sp³-hybridized carbons (Fsp3) is 0.333. The number of amides is 1. The second-order valence-corrected chi connectivity index (χ2v) is 5.68. The predicted octanol–water partition coefficient (Wildman–Crippen LogP) is 3.29. The highest BCUT2D eigenvalue weighted by molar-refractivity contribution is 9.09. The molecule has 1 saturated heterocycles. The van der Waals surface area contributed by atoms with Gasteiger partial charge >= 0.3 is 0 Å². The second-order valence-electron chi connectivity index (χ2n) is 5.03. The molecule has 3 nitrogen and oxygen atoms in total. The van der Waals surface area contributed by atoms with Crippen LogP contribution in [0, 0.1) is 12.8 Å². The van der Waals surface area contributed by atoms with Crippen LogP contribution in [0.5, 0.6) is 0 Å². The monoisotopic (exact) mass is 318 g/mol. The molecule has 3 rings (SSSR count). The number of pyridine rings is 1. The third kappa shape index (κ3) is 2.25. The van der Waals surface area contributed by atoms with E-state index < -0.39 is 0 Å². The Morgan fingerprint density at radius 1 is 1.37 bits per heavy atom. The Hall–Kier alpha value is -1.42. The predicted molar refractivity (Wildman–Crippen MR) is 80.7 cm³/mol. The molecule has 1 fully saturated rings. The van der Waals surface area contributed by atoms with E-state index in [0.29, 0.717) is 12.3 Å². The van der Waals surface area contributed by atoms with Gasteiger partial charge in [-0.05, 0) is 25.0 Å². The zero-order chi connectivity index (χ0) is 13.4. The van der Waals surface area contributed by atoms with Crippen molar-refractivity contribution < 1.29 is 4.79 Å². The van der Waals surface area contributed by atoms with E-state index in [1.54, 1.807) is 0 Å². The number of rotatable bonds is 2. The average Bonchev–Trinajstić information content (AvgIpc) is 2.79. The Balaban J connectivity index is 2.10. The number of para-hydroxylation sites is 1. The van der Waals surface area contributed by atoms with Crippen LogP contribution >= 0.6 is 15.9 Å². The van der Waals surface area contributed by atoms with E-state index in [0.717, 1.165) is 34.2 Å². The summed E-state index contributed by atoms with van der Waals surface area (Å²) in [6, 6.07) is 10.1. The quantitative estimate of drug-likeness (QED) is 0.796. The average molecular weight is 319 g/mol. The van der Waals surface area contributed by atoms with Crippen molar-refractivity contribution in [1.82, 2.24) is 4.98 Å². The van der Waals surface area contributed by atoms with Crippen LogP contribution < -0.4 is 4.90 Å². The highest BCUT2D eigenvalue weighted by Gasteiger charge is 2.30. The minimum absolute atomic E-state index is 0.195. The van der Waals surface area contributed by atoms with Crippen LogP contribution in [0.3, 0.4) is 0 Å². The maximum Gasteiger partial charge on any atom is 0.227 e. The molecule has 1 aliphatic heterocycles. The lowest BCUT2D eigenvalue weighted by molar-refractivity contribution is -0.117. The number of carbonyl (C=O) groups is 1. The third-order valence-corrected chi connectivity index (χ3v) is 4.47. The number of aryl methyl sites for hydroxylation is 1. The maximum absolute atomic E-state index is 12.1. The maximum atomic E-state index is 12.1. The molecule has 4 heteroatoms. The first-order valence-electron chi connectivity index (χ1n) is 6.42. The van der Waals surface area contributed by atoms with Gasteiger partial charge in [0.05, 0.1) is 11.2 Å². The van der Waals surface area contributed by atoms with Crippen molar-refractivity contribution in [3.05, 3.63) is 36.0 Å². The topological polar surface area (TPSA) is 33.2 Å². The highest BCUT2D eigenvalue weighted by atomic mass is 79.9. The van der Waals surface area contributed by atoms with Crippen molar-refractivity contribution in [3.8, 4) is 0 Å². The molecule has 1 unspecified atom stereocenters. The lowest BCUT2D eigenvalue weighted by Crippen LogP contribution is -2.25. The molecule has 1 aromatic carbocycles. The van der Waals surface area contributed by atoms with Crippen molar-refractivity contribution in [3.63, 3.8) is 0 Å². The normalized spacial score (nSPS) is 19.4. The largest absolute Gasteiger partial charge is 0.310 e. The van der Waals surface area contributed by atoms with E-state index in [9.17, 15) is 4.79 Å². The molecule has 0 bridgehead atoms. The van der Waals surface area contributed by atoms with Gasteiger partial charge in [0.2, 0.25) is 5.91 Å². The number of hydrogen-bond acceptors (Lipinski definition) is 2. The van der Waals surface area contributed by atoms with Crippen LogP contribution in [0.2, 0.25) is 0 Å². The number of fused-ring (bicyclic) bond motifs is 1. The van der Waals surface area contributed by atoms with E-state index >= 15 is 0 Å². The molecule has 1 aromatic heterocycles. The molecule has 98 valence electrons. The molecule has 2 aromatic rings. The van der Waals surface area contributed by atoms with E-state index in [4.69, 9.17) is 0 Å². The number of nitrogens with zero attached hydrogens (tertiary/aromatic N) is 2. The molecular weight excluding hydrogens is 304 g/mol. The smallest absolute Gasteiger partial charge is 0.227 e. The second kappa shape index (κ2) is 4.93. The Bertz CT molecular complexity index is 641. The molecule has 1 atom stereocenters. The first kappa shape index (κ1) is 12.6. The van der Waals surface area contributed by atoms with Crippen LogP contribution in [0.15, 0.2) is 30.3 Å². The Labute approximate surface area is 120 Å². The number of benzene rings is 1. The van der Waals surface area contributed by atoms with Crippen LogP contribution in [0.1, 0.15) is 12.1 Å². The summed E-state index contributed by atoms with van der Waals surface area (Å²) in [6.45, 7) is 2.75. The summed E-state index contributed by atoms with van der Waals surface area (Å²) in [5.41, 5.74) is 2.84. The summed E-state index contributed by atoms with van der Waals surface area (Å²) in [6.07, 6.45) is 0.619. The van der Waals surface area contributed by atoms with Crippen LogP contribution in [-0.4, -0.2) is 22.8 Å². The van der Waals surface area contributed by atoms with Gasteiger partial charge in [0.15, 0.2) is 0 Å².